The molecule has 1 aromatic rings. The van der Waals surface area contributed by atoms with E-state index < -0.39 is 23.5 Å². The highest BCUT2D eigenvalue weighted by atomic mass is 16.6. The minimum atomic E-state index is -0.826. The number of hydrogen-bond donors (Lipinski definition) is 1. The summed E-state index contributed by atoms with van der Waals surface area (Å²) in [6, 6.07) is 0. The summed E-state index contributed by atoms with van der Waals surface area (Å²) in [7, 11) is 0. The van der Waals surface area contributed by atoms with Crippen molar-refractivity contribution < 1.29 is 27.9 Å². The fourth-order valence-corrected chi connectivity index (χ4v) is 2.39. The Morgan fingerprint density at radius 3 is 2.35 bits per heavy atom. The van der Waals surface area contributed by atoms with Gasteiger partial charge in [-0.3, -0.25) is 4.79 Å². The average molecular weight is 371 g/mol. The van der Waals surface area contributed by atoms with Crippen LogP contribution in [0.4, 0.5) is 4.79 Å². The van der Waals surface area contributed by atoms with Crippen molar-refractivity contribution in [3.05, 3.63) is 22.1 Å². The van der Waals surface area contributed by atoms with Crippen LogP contribution in [-0.4, -0.2) is 24.2 Å². The molecular weight excluding hydrogens is 342 g/mol. The Labute approximate surface area is 153 Å². The Morgan fingerprint density at radius 2 is 1.85 bits per heavy atom. The van der Waals surface area contributed by atoms with Gasteiger partial charge in [0.2, 0.25) is 0 Å². The SMILES string of the molecule is Cc1oc(=O)oc1COC(=O)CC(CNC(=O)OC(C)(C)C)CC(C)C. The van der Waals surface area contributed by atoms with Gasteiger partial charge in [0.05, 0.1) is 6.42 Å². The fraction of sp³-hybridized carbons (Fsp3) is 0.722. The molecule has 26 heavy (non-hydrogen) atoms. The molecule has 8 heteroatoms. The number of amides is 1. The third-order valence-corrected chi connectivity index (χ3v) is 3.39. The summed E-state index contributed by atoms with van der Waals surface area (Å²) < 4.78 is 19.8. The molecule has 1 unspecified atom stereocenters. The molecule has 1 atom stereocenters. The number of hydrogen-bond acceptors (Lipinski definition) is 7. The first-order valence-electron chi connectivity index (χ1n) is 8.68. The van der Waals surface area contributed by atoms with E-state index in [4.69, 9.17) is 18.3 Å². The first-order valence-corrected chi connectivity index (χ1v) is 8.68. The molecule has 0 aromatic carbocycles. The number of alkyl carbamates (subject to hydrolysis) is 1. The molecule has 0 fully saturated rings. The second-order valence-electron chi connectivity index (χ2n) is 7.68. The quantitative estimate of drug-likeness (QED) is 0.699. The zero-order valence-electron chi connectivity index (χ0n) is 16.3. The summed E-state index contributed by atoms with van der Waals surface area (Å²) in [4.78, 5) is 34.8. The summed E-state index contributed by atoms with van der Waals surface area (Å²) in [6.45, 7) is 11.1. The van der Waals surface area contributed by atoms with Gasteiger partial charge in [-0.25, -0.2) is 9.59 Å². The van der Waals surface area contributed by atoms with Gasteiger partial charge in [0.25, 0.3) is 0 Å². The van der Waals surface area contributed by atoms with Crippen molar-refractivity contribution >= 4 is 12.1 Å². The lowest BCUT2D eigenvalue weighted by Gasteiger charge is -2.22. The number of carbonyl (C=O) groups excluding carboxylic acids is 2. The maximum Gasteiger partial charge on any atom is 0.519 e. The van der Waals surface area contributed by atoms with E-state index in [2.05, 4.69) is 5.32 Å². The Kier molecular flexibility index (Phi) is 7.92. The maximum atomic E-state index is 12.1. The average Bonchev–Trinajstić information content (AvgIpc) is 2.78. The molecule has 1 amide bonds. The van der Waals surface area contributed by atoms with E-state index in [-0.39, 0.29) is 30.5 Å². The van der Waals surface area contributed by atoms with Crippen LogP contribution in [0.1, 0.15) is 59.0 Å². The first-order chi connectivity index (χ1) is 12.0. The number of carbonyl (C=O) groups is 2. The van der Waals surface area contributed by atoms with Crippen LogP contribution >= 0.6 is 0 Å². The highest BCUT2D eigenvalue weighted by Gasteiger charge is 2.21. The molecule has 0 aliphatic carbocycles. The maximum absolute atomic E-state index is 12.1. The molecule has 8 nitrogen and oxygen atoms in total. The van der Waals surface area contributed by atoms with Crippen LogP contribution in [0.2, 0.25) is 0 Å². The van der Waals surface area contributed by atoms with E-state index in [0.29, 0.717) is 12.5 Å². The van der Waals surface area contributed by atoms with Gasteiger partial charge in [-0.05, 0) is 46.0 Å². The fourth-order valence-electron chi connectivity index (χ4n) is 2.39. The van der Waals surface area contributed by atoms with Crippen LogP contribution in [0.15, 0.2) is 13.6 Å². The predicted molar refractivity (Wildman–Crippen MR) is 93.6 cm³/mol. The highest BCUT2D eigenvalue weighted by molar-refractivity contribution is 5.70. The van der Waals surface area contributed by atoms with Gasteiger partial charge < -0.3 is 23.6 Å². The number of rotatable bonds is 8. The van der Waals surface area contributed by atoms with Gasteiger partial charge in [0.1, 0.15) is 5.60 Å². The van der Waals surface area contributed by atoms with Crippen LogP contribution in [0.5, 0.6) is 0 Å². The van der Waals surface area contributed by atoms with Crippen LogP contribution in [0.3, 0.4) is 0 Å². The van der Waals surface area contributed by atoms with E-state index in [1.165, 1.54) is 0 Å². The van der Waals surface area contributed by atoms with E-state index >= 15 is 0 Å². The van der Waals surface area contributed by atoms with Gasteiger partial charge in [-0.1, -0.05) is 13.8 Å². The van der Waals surface area contributed by atoms with Gasteiger partial charge in [-0.2, -0.15) is 0 Å². The van der Waals surface area contributed by atoms with Crippen molar-refractivity contribution in [2.24, 2.45) is 11.8 Å². The molecule has 1 N–H and O–H groups in total. The molecule has 0 radical (unpaired) electrons. The Bertz CT molecular complexity index is 651. The molecule has 0 aliphatic heterocycles. The predicted octanol–water partition coefficient (Wildman–Crippen LogP) is 3.16. The molecule has 1 aromatic heterocycles. The monoisotopic (exact) mass is 371 g/mol. The molecule has 0 bridgehead atoms. The lowest BCUT2D eigenvalue weighted by molar-refractivity contribution is -0.146. The third kappa shape index (κ3) is 8.73. The topological polar surface area (TPSA) is 108 Å². The number of esters is 1. The molecular formula is C18H29NO7. The molecule has 0 saturated carbocycles. The number of ether oxygens (including phenoxy) is 2. The summed E-state index contributed by atoms with van der Waals surface area (Å²) in [5, 5.41) is 2.69. The molecule has 148 valence electrons. The molecule has 0 aliphatic rings. The number of aryl methyl sites for hydroxylation is 1. The second-order valence-corrected chi connectivity index (χ2v) is 7.68. The van der Waals surface area contributed by atoms with Crippen LogP contribution in [0, 0.1) is 18.8 Å². The van der Waals surface area contributed by atoms with Crippen molar-refractivity contribution in [1.82, 2.24) is 5.32 Å². The molecule has 1 heterocycles. The molecule has 1 rings (SSSR count). The van der Waals surface area contributed by atoms with Gasteiger partial charge in [0, 0.05) is 6.54 Å². The van der Waals surface area contributed by atoms with Gasteiger partial charge in [0.15, 0.2) is 18.1 Å². The van der Waals surface area contributed by atoms with E-state index in [0.717, 1.165) is 6.42 Å². The van der Waals surface area contributed by atoms with Crippen molar-refractivity contribution in [3.63, 3.8) is 0 Å². The van der Waals surface area contributed by atoms with Gasteiger partial charge in [-0.15, -0.1) is 0 Å². The lowest BCUT2D eigenvalue weighted by Crippen LogP contribution is -2.36. The Hall–Kier alpha value is -2.25. The van der Waals surface area contributed by atoms with Crippen LogP contribution in [0.25, 0.3) is 0 Å². The zero-order chi connectivity index (χ0) is 19.9. The van der Waals surface area contributed by atoms with Crippen molar-refractivity contribution in [1.29, 1.82) is 0 Å². The largest absolute Gasteiger partial charge is 0.519 e. The first kappa shape index (κ1) is 21.8. The summed E-state index contributed by atoms with van der Waals surface area (Å²) in [5.74, 6) is -0.531. The van der Waals surface area contributed by atoms with E-state index in [1.807, 2.05) is 13.8 Å². The highest BCUT2D eigenvalue weighted by Crippen LogP contribution is 2.17. The van der Waals surface area contributed by atoms with E-state index in [9.17, 15) is 14.4 Å². The van der Waals surface area contributed by atoms with E-state index in [1.54, 1.807) is 27.7 Å². The zero-order valence-corrected chi connectivity index (χ0v) is 16.3. The van der Waals surface area contributed by atoms with Crippen molar-refractivity contribution in [2.75, 3.05) is 6.54 Å². The van der Waals surface area contributed by atoms with Crippen molar-refractivity contribution in [2.45, 2.75) is 66.6 Å². The third-order valence-electron chi connectivity index (χ3n) is 3.39. The standard InChI is InChI=1S/C18H29NO7/c1-11(2)7-13(9-19-16(21)26-18(4,5)6)8-15(20)23-10-14-12(3)24-17(22)25-14/h11,13H,7-10H2,1-6H3,(H,19,21). The Morgan fingerprint density at radius 1 is 1.19 bits per heavy atom. The lowest BCUT2D eigenvalue weighted by atomic mass is 9.94. The molecule has 0 saturated heterocycles. The summed E-state index contributed by atoms with van der Waals surface area (Å²) >= 11 is 0. The van der Waals surface area contributed by atoms with Gasteiger partial charge >= 0.3 is 17.9 Å². The Balaban J connectivity index is 2.52. The summed E-state index contributed by atoms with van der Waals surface area (Å²) in [6.07, 6.45) is 0.357. The van der Waals surface area contributed by atoms with Crippen LogP contribution < -0.4 is 11.1 Å². The smallest absolute Gasteiger partial charge is 0.457 e. The summed E-state index contributed by atoms with van der Waals surface area (Å²) in [5.41, 5.74) is -0.580. The minimum absolute atomic E-state index is 0.0903. The second kappa shape index (κ2) is 9.45. The number of nitrogens with one attached hydrogen (secondary N) is 1. The molecule has 0 spiro atoms. The minimum Gasteiger partial charge on any atom is -0.457 e. The normalized spacial score (nSPS) is 12.7. The van der Waals surface area contributed by atoms with Crippen LogP contribution in [-0.2, 0) is 20.9 Å². The van der Waals surface area contributed by atoms with Crippen molar-refractivity contribution in [3.8, 4) is 0 Å².